The van der Waals surface area contributed by atoms with Crippen LogP contribution >= 0.6 is 0 Å². The molecule has 1 fully saturated rings. The predicted molar refractivity (Wildman–Crippen MR) is 112 cm³/mol. The van der Waals surface area contributed by atoms with Crippen LogP contribution in [-0.2, 0) is 0 Å². The highest BCUT2D eigenvalue weighted by atomic mass is 19.1. The fourth-order valence-corrected chi connectivity index (χ4v) is 4.30. The SMILES string of the molecule is CCC(CC)c1cc(C)n2nc(-c3cc(F)c(OC)cc3C)n(C3CC3)c(=O)c12. The maximum atomic E-state index is 14.5. The Morgan fingerprint density at radius 3 is 2.48 bits per heavy atom. The second kappa shape index (κ2) is 7.32. The van der Waals surface area contributed by atoms with E-state index in [1.165, 1.54) is 13.2 Å². The molecule has 0 amide bonds. The van der Waals surface area contributed by atoms with Crippen molar-refractivity contribution in [3.05, 3.63) is 51.2 Å². The van der Waals surface area contributed by atoms with E-state index >= 15 is 0 Å². The lowest BCUT2D eigenvalue weighted by molar-refractivity contribution is 0.386. The maximum Gasteiger partial charge on any atom is 0.278 e. The van der Waals surface area contributed by atoms with Crippen molar-refractivity contribution >= 4 is 5.52 Å². The third kappa shape index (κ3) is 3.15. The van der Waals surface area contributed by atoms with Crippen molar-refractivity contribution in [2.75, 3.05) is 7.11 Å². The highest BCUT2D eigenvalue weighted by molar-refractivity contribution is 5.65. The second-order valence-corrected chi connectivity index (χ2v) is 8.05. The summed E-state index contributed by atoms with van der Waals surface area (Å²) in [7, 11) is 1.45. The largest absolute Gasteiger partial charge is 0.494 e. The van der Waals surface area contributed by atoms with E-state index in [1.54, 1.807) is 15.1 Å². The number of ether oxygens (including phenoxy) is 1. The number of aryl methyl sites for hydroxylation is 2. The number of benzene rings is 1. The van der Waals surface area contributed by atoms with Gasteiger partial charge in [0.25, 0.3) is 5.56 Å². The van der Waals surface area contributed by atoms with Crippen LogP contribution in [0, 0.1) is 19.7 Å². The number of nitrogens with zero attached hydrogens (tertiary/aromatic N) is 3. The van der Waals surface area contributed by atoms with E-state index in [1.807, 2.05) is 13.8 Å². The Balaban J connectivity index is 2.04. The zero-order chi connectivity index (χ0) is 20.9. The first-order valence-electron chi connectivity index (χ1n) is 10.4. The summed E-state index contributed by atoms with van der Waals surface area (Å²) in [5.41, 5.74) is 4.10. The summed E-state index contributed by atoms with van der Waals surface area (Å²) in [6.45, 7) is 8.16. The summed E-state index contributed by atoms with van der Waals surface area (Å²) in [5, 5.41) is 4.87. The van der Waals surface area contributed by atoms with Crippen LogP contribution < -0.4 is 10.3 Å². The van der Waals surface area contributed by atoms with E-state index in [0.29, 0.717) is 22.8 Å². The molecule has 0 aliphatic heterocycles. The number of hydrogen-bond acceptors (Lipinski definition) is 3. The lowest BCUT2D eigenvalue weighted by Gasteiger charge is -2.17. The van der Waals surface area contributed by atoms with E-state index in [4.69, 9.17) is 9.84 Å². The van der Waals surface area contributed by atoms with E-state index in [9.17, 15) is 9.18 Å². The lowest BCUT2D eigenvalue weighted by Crippen LogP contribution is -2.26. The van der Waals surface area contributed by atoms with Gasteiger partial charge in [0, 0.05) is 17.3 Å². The molecule has 1 aromatic carbocycles. The van der Waals surface area contributed by atoms with Gasteiger partial charge in [-0.25, -0.2) is 8.91 Å². The molecule has 1 aliphatic rings. The predicted octanol–water partition coefficient (Wildman–Crippen LogP) is 5.17. The Hall–Kier alpha value is -2.63. The van der Waals surface area contributed by atoms with Crippen LogP contribution in [0.15, 0.2) is 23.0 Å². The van der Waals surface area contributed by atoms with Crippen molar-refractivity contribution in [2.24, 2.45) is 0 Å². The van der Waals surface area contributed by atoms with Gasteiger partial charge in [-0.15, -0.1) is 5.10 Å². The molecule has 0 spiro atoms. The van der Waals surface area contributed by atoms with E-state index in [-0.39, 0.29) is 17.4 Å². The number of methoxy groups -OCH3 is 1. The summed E-state index contributed by atoms with van der Waals surface area (Å²) in [6, 6.07) is 5.31. The van der Waals surface area contributed by atoms with Gasteiger partial charge >= 0.3 is 0 Å². The molecule has 2 aromatic heterocycles. The monoisotopic (exact) mass is 397 g/mol. The molecule has 2 heterocycles. The van der Waals surface area contributed by atoms with Gasteiger partial charge in [0.05, 0.1) is 7.11 Å². The molecule has 0 radical (unpaired) electrons. The fourth-order valence-electron chi connectivity index (χ4n) is 4.30. The fraction of sp³-hybridized carbons (Fsp3) is 0.478. The van der Waals surface area contributed by atoms with Gasteiger partial charge in [0.1, 0.15) is 5.52 Å². The molecule has 1 aliphatic carbocycles. The smallest absolute Gasteiger partial charge is 0.278 e. The molecular formula is C23H28FN3O2. The second-order valence-electron chi connectivity index (χ2n) is 8.05. The minimum atomic E-state index is -0.452. The molecule has 0 unspecified atom stereocenters. The Bertz CT molecular complexity index is 1140. The summed E-state index contributed by atoms with van der Waals surface area (Å²) in [6.07, 6.45) is 3.84. The van der Waals surface area contributed by atoms with Crippen molar-refractivity contribution in [1.29, 1.82) is 0 Å². The molecule has 4 rings (SSSR count). The normalized spacial score (nSPS) is 14.2. The van der Waals surface area contributed by atoms with Crippen LogP contribution in [0.2, 0.25) is 0 Å². The number of aromatic nitrogens is 3. The Morgan fingerprint density at radius 2 is 1.90 bits per heavy atom. The molecule has 0 bridgehead atoms. The van der Waals surface area contributed by atoms with Crippen LogP contribution in [0.25, 0.3) is 16.9 Å². The van der Waals surface area contributed by atoms with E-state index < -0.39 is 5.82 Å². The summed E-state index contributed by atoms with van der Waals surface area (Å²) in [4.78, 5) is 13.7. The highest BCUT2D eigenvalue weighted by Crippen LogP contribution is 2.39. The summed E-state index contributed by atoms with van der Waals surface area (Å²) < 4.78 is 23.2. The Labute approximate surface area is 170 Å². The molecule has 5 nitrogen and oxygen atoms in total. The molecule has 0 saturated heterocycles. The lowest BCUT2D eigenvalue weighted by atomic mass is 9.95. The molecule has 6 heteroatoms. The molecule has 29 heavy (non-hydrogen) atoms. The van der Waals surface area contributed by atoms with Gasteiger partial charge < -0.3 is 4.74 Å². The third-order valence-corrected chi connectivity index (χ3v) is 6.11. The summed E-state index contributed by atoms with van der Waals surface area (Å²) >= 11 is 0. The molecular weight excluding hydrogens is 369 g/mol. The highest BCUT2D eigenvalue weighted by Gasteiger charge is 2.31. The number of fused-ring (bicyclic) bond motifs is 1. The van der Waals surface area contributed by atoms with Crippen LogP contribution in [0.4, 0.5) is 4.39 Å². The van der Waals surface area contributed by atoms with Crippen molar-refractivity contribution in [2.45, 2.75) is 65.3 Å². The first kappa shape index (κ1) is 19.7. The van der Waals surface area contributed by atoms with Crippen LogP contribution in [0.3, 0.4) is 0 Å². The van der Waals surface area contributed by atoms with Crippen LogP contribution in [-0.4, -0.2) is 21.3 Å². The first-order valence-corrected chi connectivity index (χ1v) is 10.4. The minimum Gasteiger partial charge on any atom is -0.494 e. The first-order chi connectivity index (χ1) is 13.9. The molecule has 0 N–H and O–H groups in total. The molecule has 3 aromatic rings. The number of halogens is 1. The maximum absolute atomic E-state index is 14.5. The van der Waals surface area contributed by atoms with Gasteiger partial charge in [-0.05, 0) is 74.8 Å². The third-order valence-electron chi connectivity index (χ3n) is 6.11. The van der Waals surface area contributed by atoms with Gasteiger partial charge in [-0.1, -0.05) is 13.8 Å². The Kier molecular flexibility index (Phi) is 4.97. The Morgan fingerprint density at radius 1 is 1.21 bits per heavy atom. The van der Waals surface area contributed by atoms with E-state index in [0.717, 1.165) is 42.5 Å². The molecule has 1 saturated carbocycles. The van der Waals surface area contributed by atoms with Crippen LogP contribution in [0.5, 0.6) is 5.75 Å². The van der Waals surface area contributed by atoms with Gasteiger partial charge in [-0.3, -0.25) is 9.36 Å². The quantitative estimate of drug-likeness (QED) is 0.577. The van der Waals surface area contributed by atoms with Gasteiger partial charge in [0.15, 0.2) is 17.4 Å². The van der Waals surface area contributed by atoms with Gasteiger partial charge in [-0.2, -0.15) is 0 Å². The van der Waals surface area contributed by atoms with Crippen LogP contribution in [0.1, 0.15) is 68.3 Å². The number of hydrogen-bond donors (Lipinski definition) is 0. The molecule has 154 valence electrons. The van der Waals surface area contributed by atoms with Crippen molar-refractivity contribution in [3.63, 3.8) is 0 Å². The number of rotatable bonds is 6. The minimum absolute atomic E-state index is 0.0249. The topological polar surface area (TPSA) is 48.5 Å². The zero-order valence-corrected chi connectivity index (χ0v) is 17.8. The summed E-state index contributed by atoms with van der Waals surface area (Å²) in [5.74, 6) is 0.596. The molecule has 0 atom stereocenters. The standard InChI is InChI=1S/C23H28FN3O2/c1-6-15(7-2)18-11-14(4)27-21(18)23(28)26(16-8-9-16)22(25-27)17-12-19(24)20(29-5)10-13(17)3/h10-12,15-16H,6-9H2,1-5H3. The van der Waals surface area contributed by atoms with Crippen molar-refractivity contribution in [3.8, 4) is 17.1 Å². The van der Waals surface area contributed by atoms with Crippen molar-refractivity contribution < 1.29 is 9.13 Å². The average Bonchev–Trinajstić information content (AvgIpc) is 3.48. The average molecular weight is 397 g/mol. The van der Waals surface area contributed by atoms with Crippen molar-refractivity contribution in [1.82, 2.24) is 14.2 Å². The van der Waals surface area contributed by atoms with Gasteiger partial charge in [0.2, 0.25) is 0 Å². The zero-order valence-electron chi connectivity index (χ0n) is 17.8. The van der Waals surface area contributed by atoms with E-state index in [2.05, 4.69) is 19.9 Å².